The molecule has 2 N–H and O–H groups in total. The fraction of sp³-hybridized carbons (Fsp3) is 0.300. The lowest BCUT2D eigenvalue weighted by atomic mass is 10.2. The molecule has 5 nitrogen and oxygen atoms in total. The maximum atomic E-state index is 12.1. The first kappa shape index (κ1) is 17.0. The number of rotatable bonds is 5. The molecular weight excluding hydrogens is 314 g/mol. The fourth-order valence-electron chi connectivity index (χ4n) is 3.06. The minimum atomic E-state index is -0.191. The van der Waals surface area contributed by atoms with Gasteiger partial charge in [-0.15, -0.1) is 0 Å². The maximum absolute atomic E-state index is 12.1. The number of nitrogens with zero attached hydrogens (tertiary/aromatic N) is 1. The van der Waals surface area contributed by atoms with Crippen LogP contribution in [0.2, 0.25) is 0 Å². The second-order valence-electron chi connectivity index (χ2n) is 6.41. The van der Waals surface area contributed by atoms with Gasteiger partial charge in [0.25, 0.3) is 5.91 Å². The third-order valence-electron chi connectivity index (χ3n) is 4.49. The Bertz CT molecular complexity index is 827. The Hall–Kier alpha value is -2.82. The van der Waals surface area contributed by atoms with E-state index >= 15 is 0 Å². The molecule has 0 radical (unpaired) electrons. The van der Waals surface area contributed by atoms with Crippen molar-refractivity contribution in [3.05, 3.63) is 58.9 Å². The number of aromatic nitrogens is 1. The van der Waals surface area contributed by atoms with Crippen LogP contribution in [0, 0.1) is 13.8 Å². The number of hydrogen-bond acceptors (Lipinski definition) is 2. The SMILES string of the molecule is CNC(=O)c1ccc(NC(=O)/C=C/c2cc(C)n(C3CC3)c2C)cc1. The first-order chi connectivity index (χ1) is 12.0. The highest BCUT2D eigenvalue weighted by Crippen LogP contribution is 2.38. The van der Waals surface area contributed by atoms with E-state index in [4.69, 9.17) is 0 Å². The molecule has 5 heteroatoms. The number of carbonyl (C=O) groups is 2. The van der Waals surface area contributed by atoms with Crippen LogP contribution in [0.25, 0.3) is 6.08 Å². The minimum Gasteiger partial charge on any atom is -0.355 e. The molecule has 1 aromatic heterocycles. The van der Waals surface area contributed by atoms with E-state index in [1.54, 1.807) is 37.4 Å². The van der Waals surface area contributed by atoms with Gasteiger partial charge in [-0.25, -0.2) is 0 Å². The summed E-state index contributed by atoms with van der Waals surface area (Å²) in [4.78, 5) is 23.6. The van der Waals surface area contributed by atoms with Crippen molar-refractivity contribution in [2.24, 2.45) is 0 Å². The second-order valence-corrected chi connectivity index (χ2v) is 6.41. The molecule has 2 aromatic rings. The lowest BCUT2D eigenvalue weighted by molar-refractivity contribution is -0.111. The Morgan fingerprint density at radius 3 is 2.44 bits per heavy atom. The summed E-state index contributed by atoms with van der Waals surface area (Å²) in [7, 11) is 1.59. The second kappa shape index (κ2) is 6.97. The number of hydrogen-bond donors (Lipinski definition) is 2. The average molecular weight is 337 g/mol. The zero-order chi connectivity index (χ0) is 18.0. The lowest BCUT2D eigenvalue weighted by Gasteiger charge is -2.06. The van der Waals surface area contributed by atoms with Crippen LogP contribution in [0.5, 0.6) is 0 Å². The molecule has 1 aromatic carbocycles. The average Bonchev–Trinajstić information content (AvgIpc) is 3.39. The molecule has 2 amide bonds. The smallest absolute Gasteiger partial charge is 0.251 e. The van der Waals surface area contributed by atoms with Gasteiger partial charge < -0.3 is 15.2 Å². The number of aryl methyl sites for hydroxylation is 1. The summed E-state index contributed by atoms with van der Waals surface area (Å²) < 4.78 is 2.36. The number of amides is 2. The summed E-state index contributed by atoms with van der Waals surface area (Å²) >= 11 is 0. The van der Waals surface area contributed by atoms with Crippen LogP contribution < -0.4 is 10.6 Å². The van der Waals surface area contributed by atoms with Crippen LogP contribution in [0.15, 0.2) is 36.4 Å². The zero-order valence-electron chi connectivity index (χ0n) is 14.8. The molecule has 1 fully saturated rings. The van der Waals surface area contributed by atoms with Crippen molar-refractivity contribution >= 4 is 23.6 Å². The summed E-state index contributed by atoms with van der Waals surface area (Å²) in [6.45, 7) is 4.21. The molecule has 0 bridgehead atoms. The van der Waals surface area contributed by atoms with Crippen molar-refractivity contribution in [2.45, 2.75) is 32.7 Å². The van der Waals surface area contributed by atoms with Crippen molar-refractivity contribution in [2.75, 3.05) is 12.4 Å². The van der Waals surface area contributed by atoms with E-state index in [0.717, 1.165) is 5.56 Å². The molecule has 0 saturated heterocycles. The summed E-state index contributed by atoms with van der Waals surface area (Å²) in [6.07, 6.45) is 5.89. The highest BCUT2D eigenvalue weighted by Gasteiger charge is 2.26. The topological polar surface area (TPSA) is 63.1 Å². The largest absolute Gasteiger partial charge is 0.355 e. The van der Waals surface area contributed by atoms with Gasteiger partial charge in [0.1, 0.15) is 0 Å². The molecular formula is C20H23N3O2. The summed E-state index contributed by atoms with van der Waals surface area (Å²) in [5.41, 5.74) is 4.74. The molecule has 1 heterocycles. The Morgan fingerprint density at radius 1 is 1.16 bits per heavy atom. The highest BCUT2D eigenvalue weighted by atomic mass is 16.2. The molecule has 0 spiro atoms. The zero-order valence-corrected chi connectivity index (χ0v) is 14.8. The Kier molecular flexibility index (Phi) is 4.74. The Balaban J connectivity index is 1.65. The molecule has 0 atom stereocenters. The van der Waals surface area contributed by atoms with Gasteiger partial charge in [-0.05, 0) is 68.7 Å². The third kappa shape index (κ3) is 3.82. The number of anilines is 1. The van der Waals surface area contributed by atoms with Gasteiger partial charge in [0, 0.05) is 41.8 Å². The third-order valence-corrected chi connectivity index (χ3v) is 4.49. The standard InChI is InChI=1S/C20H23N3O2/c1-13-12-16(14(2)23(13)18-9-10-18)6-11-19(24)22-17-7-4-15(5-8-17)20(25)21-3/h4-8,11-12,18H,9-10H2,1-3H3,(H,21,25)(H,22,24)/b11-6+. The summed E-state index contributed by atoms with van der Waals surface area (Å²) in [5.74, 6) is -0.340. The quantitative estimate of drug-likeness (QED) is 0.821. The van der Waals surface area contributed by atoms with Crippen LogP contribution >= 0.6 is 0 Å². The fourth-order valence-corrected chi connectivity index (χ4v) is 3.06. The van der Waals surface area contributed by atoms with Gasteiger partial charge >= 0.3 is 0 Å². The molecule has 3 rings (SSSR count). The van der Waals surface area contributed by atoms with Gasteiger partial charge in [0.05, 0.1) is 0 Å². The van der Waals surface area contributed by atoms with Crippen molar-refractivity contribution < 1.29 is 9.59 Å². The van der Waals surface area contributed by atoms with Crippen LogP contribution in [0.1, 0.15) is 46.2 Å². The number of carbonyl (C=O) groups excluding carboxylic acids is 2. The number of benzene rings is 1. The first-order valence-electron chi connectivity index (χ1n) is 8.49. The van der Waals surface area contributed by atoms with Crippen molar-refractivity contribution in [3.63, 3.8) is 0 Å². The first-order valence-corrected chi connectivity index (χ1v) is 8.49. The molecule has 1 aliphatic carbocycles. The van der Waals surface area contributed by atoms with E-state index in [1.807, 2.05) is 6.08 Å². The van der Waals surface area contributed by atoms with Crippen molar-refractivity contribution in [1.82, 2.24) is 9.88 Å². The Morgan fingerprint density at radius 2 is 1.84 bits per heavy atom. The number of nitrogens with one attached hydrogen (secondary N) is 2. The van der Waals surface area contributed by atoms with Crippen molar-refractivity contribution in [1.29, 1.82) is 0 Å². The Labute approximate surface area is 147 Å². The summed E-state index contributed by atoms with van der Waals surface area (Å²) in [5, 5.41) is 5.37. The van der Waals surface area contributed by atoms with Crippen molar-refractivity contribution in [3.8, 4) is 0 Å². The molecule has 130 valence electrons. The maximum Gasteiger partial charge on any atom is 0.251 e. The van der Waals surface area contributed by atoms with Crippen LogP contribution in [-0.4, -0.2) is 23.4 Å². The van der Waals surface area contributed by atoms with Gasteiger partial charge in [-0.1, -0.05) is 0 Å². The molecule has 1 saturated carbocycles. The van der Waals surface area contributed by atoms with E-state index in [1.165, 1.54) is 24.2 Å². The van der Waals surface area contributed by atoms with Crippen LogP contribution in [0.3, 0.4) is 0 Å². The van der Waals surface area contributed by atoms with Gasteiger partial charge in [0.15, 0.2) is 0 Å². The predicted molar refractivity (Wildman–Crippen MR) is 99.7 cm³/mol. The molecule has 0 unspecified atom stereocenters. The van der Waals surface area contributed by atoms with E-state index < -0.39 is 0 Å². The monoisotopic (exact) mass is 337 g/mol. The van der Waals surface area contributed by atoms with Crippen LogP contribution in [0.4, 0.5) is 5.69 Å². The molecule has 25 heavy (non-hydrogen) atoms. The van der Waals surface area contributed by atoms with E-state index in [0.29, 0.717) is 17.3 Å². The lowest BCUT2D eigenvalue weighted by Crippen LogP contribution is -2.17. The van der Waals surface area contributed by atoms with Gasteiger partial charge in [-0.3, -0.25) is 9.59 Å². The minimum absolute atomic E-state index is 0.149. The van der Waals surface area contributed by atoms with Crippen LogP contribution in [-0.2, 0) is 4.79 Å². The normalized spacial score (nSPS) is 13.9. The van der Waals surface area contributed by atoms with E-state index in [9.17, 15) is 9.59 Å². The molecule has 0 aliphatic heterocycles. The van der Waals surface area contributed by atoms with E-state index in [2.05, 4.69) is 35.1 Å². The summed E-state index contributed by atoms with van der Waals surface area (Å²) in [6, 6.07) is 9.55. The predicted octanol–water partition coefficient (Wildman–Crippen LogP) is 3.45. The van der Waals surface area contributed by atoms with E-state index in [-0.39, 0.29) is 11.8 Å². The van der Waals surface area contributed by atoms with Gasteiger partial charge in [-0.2, -0.15) is 0 Å². The molecule has 1 aliphatic rings. The highest BCUT2D eigenvalue weighted by molar-refractivity contribution is 6.02. The van der Waals surface area contributed by atoms with Gasteiger partial charge in [0.2, 0.25) is 5.91 Å².